The van der Waals surface area contributed by atoms with Crippen LogP contribution in [0.2, 0.25) is 0 Å². The van der Waals surface area contributed by atoms with Crippen LogP contribution in [0.25, 0.3) is 10.9 Å². The molecule has 0 bridgehead atoms. The van der Waals surface area contributed by atoms with Gasteiger partial charge in [0, 0.05) is 11.6 Å². The summed E-state index contributed by atoms with van der Waals surface area (Å²) in [6.07, 6.45) is 2.50. The van der Waals surface area contributed by atoms with Crippen molar-refractivity contribution in [2.75, 3.05) is 10.6 Å². The number of anilines is 2. The van der Waals surface area contributed by atoms with E-state index in [0.29, 0.717) is 24.0 Å². The maximum Gasteiger partial charge on any atom is 0.240 e. The van der Waals surface area contributed by atoms with Gasteiger partial charge in [-0.2, -0.15) is 0 Å². The lowest BCUT2D eigenvalue weighted by Gasteiger charge is -2.16. The number of amides is 2. The topological polar surface area (TPSA) is 71.1 Å². The van der Waals surface area contributed by atoms with Gasteiger partial charge in [-0.3, -0.25) is 14.6 Å². The Morgan fingerprint density at radius 1 is 0.885 bits per heavy atom. The van der Waals surface area contributed by atoms with Crippen LogP contribution in [0.4, 0.5) is 15.8 Å². The van der Waals surface area contributed by atoms with Crippen LogP contribution in [0.1, 0.15) is 12.8 Å². The highest BCUT2D eigenvalue weighted by Crippen LogP contribution is 2.47. The first kappa shape index (κ1) is 16.2. The van der Waals surface area contributed by atoms with Gasteiger partial charge in [0.25, 0.3) is 0 Å². The van der Waals surface area contributed by atoms with Crippen molar-refractivity contribution in [3.8, 4) is 0 Å². The van der Waals surface area contributed by atoms with Gasteiger partial charge < -0.3 is 10.6 Å². The zero-order valence-electron chi connectivity index (χ0n) is 13.8. The van der Waals surface area contributed by atoms with Gasteiger partial charge in [0.05, 0.1) is 16.9 Å². The molecule has 4 rings (SSSR count). The second-order valence-electron chi connectivity index (χ2n) is 6.35. The minimum atomic E-state index is -1.17. The minimum Gasteiger partial charge on any atom is -0.323 e. The number of nitrogens with zero attached hydrogens (tertiary/aromatic N) is 1. The van der Waals surface area contributed by atoms with Crippen molar-refractivity contribution in [2.24, 2.45) is 5.41 Å². The second kappa shape index (κ2) is 6.22. The molecular formula is C20H16FN3O2. The first-order valence-corrected chi connectivity index (χ1v) is 8.31. The molecule has 2 aromatic carbocycles. The number of fused-ring (bicyclic) bond motifs is 1. The number of hydrogen-bond acceptors (Lipinski definition) is 3. The van der Waals surface area contributed by atoms with E-state index in [9.17, 15) is 14.0 Å². The molecule has 1 saturated carbocycles. The highest BCUT2D eigenvalue weighted by molar-refractivity contribution is 6.18. The number of carbonyl (C=O) groups is 2. The molecule has 1 aliphatic carbocycles. The summed E-state index contributed by atoms with van der Waals surface area (Å²) in [5, 5.41) is 6.23. The third-order valence-electron chi connectivity index (χ3n) is 4.62. The molecule has 0 radical (unpaired) electrons. The maximum atomic E-state index is 13.8. The number of halogens is 1. The molecule has 2 N–H and O–H groups in total. The van der Waals surface area contributed by atoms with Crippen molar-refractivity contribution in [3.63, 3.8) is 0 Å². The number of nitrogens with one attached hydrogen (secondary N) is 2. The van der Waals surface area contributed by atoms with Crippen LogP contribution in [0.15, 0.2) is 60.8 Å². The molecule has 130 valence electrons. The molecule has 0 atom stereocenters. The summed E-state index contributed by atoms with van der Waals surface area (Å²) in [7, 11) is 0. The van der Waals surface area contributed by atoms with E-state index in [1.54, 1.807) is 18.3 Å². The molecule has 1 aromatic heterocycles. The van der Waals surface area contributed by atoms with Gasteiger partial charge in [-0.25, -0.2) is 4.39 Å². The number of rotatable bonds is 4. The molecule has 3 aromatic rings. The molecule has 6 heteroatoms. The van der Waals surface area contributed by atoms with Crippen LogP contribution >= 0.6 is 0 Å². The monoisotopic (exact) mass is 349 g/mol. The molecular weight excluding hydrogens is 333 g/mol. The summed E-state index contributed by atoms with van der Waals surface area (Å²) in [6, 6.07) is 15.1. The molecule has 5 nitrogen and oxygen atoms in total. The average Bonchev–Trinajstić information content (AvgIpc) is 3.46. The van der Waals surface area contributed by atoms with Crippen molar-refractivity contribution in [1.82, 2.24) is 4.98 Å². The number of benzene rings is 2. The fraction of sp³-hybridized carbons (Fsp3) is 0.150. The lowest BCUT2D eigenvalue weighted by Crippen LogP contribution is -2.35. The van der Waals surface area contributed by atoms with Crippen molar-refractivity contribution in [3.05, 3.63) is 66.6 Å². The first-order chi connectivity index (χ1) is 12.6. The molecule has 26 heavy (non-hydrogen) atoms. The number of pyridine rings is 1. The Hall–Kier alpha value is -3.28. The normalized spacial score (nSPS) is 14.7. The molecule has 0 unspecified atom stereocenters. The van der Waals surface area contributed by atoms with Gasteiger partial charge in [0.2, 0.25) is 11.8 Å². The Morgan fingerprint density at radius 3 is 2.27 bits per heavy atom. The van der Waals surface area contributed by atoms with E-state index in [4.69, 9.17) is 0 Å². The van der Waals surface area contributed by atoms with Crippen molar-refractivity contribution >= 4 is 34.1 Å². The van der Waals surface area contributed by atoms with Crippen LogP contribution in [0, 0.1) is 11.2 Å². The number of carbonyl (C=O) groups excluding carboxylic acids is 2. The summed E-state index contributed by atoms with van der Waals surface area (Å²) < 4.78 is 13.8. The highest BCUT2D eigenvalue weighted by Gasteiger charge is 2.56. The van der Waals surface area contributed by atoms with Gasteiger partial charge in [-0.05, 0) is 37.1 Å². The predicted molar refractivity (Wildman–Crippen MR) is 97.1 cm³/mol. The lowest BCUT2D eigenvalue weighted by molar-refractivity contribution is -0.131. The zero-order chi connectivity index (χ0) is 18.1. The molecule has 0 spiro atoms. The SMILES string of the molecule is O=C(Nc1ccccc1F)C1(C(=O)Nc2cccc3cccnc23)CC1. The van der Waals surface area contributed by atoms with E-state index >= 15 is 0 Å². The zero-order valence-corrected chi connectivity index (χ0v) is 13.8. The number of para-hydroxylation sites is 2. The number of aromatic nitrogens is 1. The third kappa shape index (κ3) is 2.79. The van der Waals surface area contributed by atoms with Crippen molar-refractivity contribution in [1.29, 1.82) is 0 Å². The maximum absolute atomic E-state index is 13.8. The smallest absolute Gasteiger partial charge is 0.240 e. The van der Waals surface area contributed by atoms with E-state index < -0.39 is 23.0 Å². The van der Waals surface area contributed by atoms with Crippen LogP contribution < -0.4 is 10.6 Å². The Kier molecular flexibility index (Phi) is 3.88. The van der Waals surface area contributed by atoms with Gasteiger partial charge in [-0.1, -0.05) is 30.3 Å². The largest absolute Gasteiger partial charge is 0.323 e. The summed E-state index contributed by atoms with van der Waals surface area (Å²) in [6.45, 7) is 0. The second-order valence-corrected chi connectivity index (χ2v) is 6.35. The fourth-order valence-electron chi connectivity index (χ4n) is 2.93. The van der Waals surface area contributed by atoms with E-state index in [1.165, 1.54) is 18.2 Å². The van der Waals surface area contributed by atoms with Crippen molar-refractivity contribution < 1.29 is 14.0 Å². The van der Waals surface area contributed by atoms with Crippen molar-refractivity contribution in [2.45, 2.75) is 12.8 Å². The minimum absolute atomic E-state index is 0.0726. The quantitative estimate of drug-likeness (QED) is 0.705. The molecule has 1 heterocycles. The van der Waals surface area contributed by atoms with E-state index in [2.05, 4.69) is 15.6 Å². The third-order valence-corrected chi connectivity index (χ3v) is 4.62. The van der Waals surface area contributed by atoms with Crippen LogP contribution in [0.5, 0.6) is 0 Å². The summed E-state index contributed by atoms with van der Waals surface area (Å²) in [5.41, 5.74) is 0.120. The lowest BCUT2D eigenvalue weighted by atomic mass is 10.0. The average molecular weight is 349 g/mol. The standard InChI is InChI=1S/C20H16FN3O2/c21-14-7-1-2-8-15(14)23-18(25)20(10-11-20)19(26)24-16-9-3-5-13-6-4-12-22-17(13)16/h1-9,12H,10-11H2,(H,23,25)(H,24,26). The van der Waals surface area contributed by atoms with Crippen LogP contribution in [0.3, 0.4) is 0 Å². The molecule has 0 saturated heterocycles. The Morgan fingerprint density at radius 2 is 1.54 bits per heavy atom. The Balaban J connectivity index is 1.56. The molecule has 1 aliphatic rings. The number of hydrogen-bond donors (Lipinski definition) is 2. The summed E-state index contributed by atoms with van der Waals surface area (Å²) >= 11 is 0. The van der Waals surface area contributed by atoms with Crippen LogP contribution in [-0.4, -0.2) is 16.8 Å². The van der Waals surface area contributed by atoms with Gasteiger partial charge >= 0.3 is 0 Å². The fourth-order valence-corrected chi connectivity index (χ4v) is 2.93. The van der Waals surface area contributed by atoms with E-state index in [0.717, 1.165) is 5.39 Å². The Labute approximate surface area is 149 Å². The first-order valence-electron chi connectivity index (χ1n) is 8.31. The summed E-state index contributed by atoms with van der Waals surface area (Å²) in [5.74, 6) is -1.42. The Bertz CT molecular complexity index is 1010. The van der Waals surface area contributed by atoms with Gasteiger partial charge in [0.1, 0.15) is 11.2 Å². The molecule has 2 amide bonds. The van der Waals surface area contributed by atoms with Gasteiger partial charge in [-0.15, -0.1) is 0 Å². The van der Waals surface area contributed by atoms with E-state index in [-0.39, 0.29) is 5.69 Å². The van der Waals surface area contributed by atoms with Crippen LogP contribution in [-0.2, 0) is 9.59 Å². The molecule has 1 fully saturated rings. The summed E-state index contributed by atoms with van der Waals surface area (Å²) in [4.78, 5) is 29.6. The van der Waals surface area contributed by atoms with E-state index in [1.807, 2.05) is 24.3 Å². The molecule has 0 aliphatic heterocycles. The predicted octanol–water partition coefficient (Wildman–Crippen LogP) is 3.73. The van der Waals surface area contributed by atoms with Gasteiger partial charge in [0.15, 0.2) is 0 Å². The highest BCUT2D eigenvalue weighted by atomic mass is 19.1.